The Labute approximate surface area is 142 Å². The van der Waals surface area contributed by atoms with E-state index < -0.39 is 16.3 Å². The number of Topliss-reactive ketones (excluding diaryl/α,β-unsaturated/α-hetero) is 1. The quantitative estimate of drug-likeness (QED) is 0.280. The standard InChI is InChI=1S/C18H25NO5/c1-4-6-12-18(14(3)20,17(21)24-5-2)13-11-15-7-9-16(10-8-15)19(22)23/h7-10H,4-6,11-13H2,1-3H3. The summed E-state index contributed by atoms with van der Waals surface area (Å²) in [6, 6.07) is 6.18. The maximum atomic E-state index is 12.4. The highest BCUT2D eigenvalue weighted by atomic mass is 16.6. The fourth-order valence-electron chi connectivity index (χ4n) is 2.71. The Bertz CT molecular complexity index is 582. The Morgan fingerprint density at radius 2 is 1.79 bits per heavy atom. The molecule has 0 fully saturated rings. The minimum Gasteiger partial charge on any atom is -0.465 e. The summed E-state index contributed by atoms with van der Waals surface area (Å²) in [6.07, 6.45) is 2.94. The highest BCUT2D eigenvalue weighted by molar-refractivity contribution is 6.02. The average Bonchev–Trinajstić information content (AvgIpc) is 2.55. The van der Waals surface area contributed by atoms with Gasteiger partial charge in [0.05, 0.1) is 11.5 Å². The van der Waals surface area contributed by atoms with Crippen LogP contribution in [0.3, 0.4) is 0 Å². The van der Waals surface area contributed by atoms with Crippen LogP contribution in [0.1, 0.15) is 52.0 Å². The first kappa shape index (κ1) is 19.8. The molecule has 0 bridgehead atoms. The van der Waals surface area contributed by atoms with Crippen molar-refractivity contribution in [3.63, 3.8) is 0 Å². The normalized spacial score (nSPS) is 13.1. The van der Waals surface area contributed by atoms with Crippen molar-refractivity contribution in [2.24, 2.45) is 5.41 Å². The zero-order valence-corrected chi connectivity index (χ0v) is 14.5. The minimum atomic E-state index is -1.13. The summed E-state index contributed by atoms with van der Waals surface area (Å²) in [5, 5.41) is 10.7. The first-order valence-electron chi connectivity index (χ1n) is 8.29. The molecule has 0 amide bonds. The zero-order chi connectivity index (χ0) is 18.2. The second-order valence-corrected chi connectivity index (χ2v) is 5.89. The first-order chi connectivity index (χ1) is 11.4. The monoisotopic (exact) mass is 335 g/mol. The van der Waals surface area contributed by atoms with Crippen LogP contribution in [0.4, 0.5) is 5.69 Å². The summed E-state index contributed by atoms with van der Waals surface area (Å²) in [7, 11) is 0. The molecule has 0 aromatic heterocycles. The fraction of sp³-hybridized carbons (Fsp3) is 0.556. The fourth-order valence-corrected chi connectivity index (χ4v) is 2.71. The first-order valence-corrected chi connectivity index (χ1v) is 8.29. The lowest BCUT2D eigenvalue weighted by molar-refractivity contribution is -0.384. The summed E-state index contributed by atoms with van der Waals surface area (Å²) in [5.74, 6) is -0.649. The van der Waals surface area contributed by atoms with E-state index in [1.54, 1.807) is 19.1 Å². The Kier molecular flexibility index (Phi) is 7.55. The number of nitro benzene ring substituents is 1. The number of ether oxygens (including phenoxy) is 1. The van der Waals surface area contributed by atoms with Gasteiger partial charge in [-0.25, -0.2) is 0 Å². The van der Waals surface area contributed by atoms with Gasteiger partial charge < -0.3 is 4.74 Å². The number of carbonyl (C=O) groups is 2. The summed E-state index contributed by atoms with van der Waals surface area (Å²) in [4.78, 5) is 35.0. The van der Waals surface area contributed by atoms with Crippen LogP contribution >= 0.6 is 0 Å². The number of nitro groups is 1. The lowest BCUT2D eigenvalue weighted by Gasteiger charge is -2.29. The topological polar surface area (TPSA) is 86.5 Å². The Morgan fingerprint density at radius 1 is 1.17 bits per heavy atom. The number of hydrogen-bond donors (Lipinski definition) is 0. The third-order valence-corrected chi connectivity index (χ3v) is 4.28. The smallest absolute Gasteiger partial charge is 0.319 e. The van der Waals surface area contributed by atoms with Crippen molar-refractivity contribution >= 4 is 17.4 Å². The zero-order valence-electron chi connectivity index (χ0n) is 14.5. The van der Waals surface area contributed by atoms with Gasteiger partial charge in [0.25, 0.3) is 5.69 Å². The highest BCUT2D eigenvalue weighted by Crippen LogP contribution is 2.34. The molecular formula is C18H25NO5. The Balaban J connectivity index is 2.96. The van der Waals surface area contributed by atoms with Crippen LogP contribution in [0.5, 0.6) is 0 Å². The molecular weight excluding hydrogens is 310 g/mol. The maximum absolute atomic E-state index is 12.4. The molecule has 24 heavy (non-hydrogen) atoms. The molecule has 0 saturated heterocycles. The van der Waals surface area contributed by atoms with Crippen LogP contribution < -0.4 is 0 Å². The van der Waals surface area contributed by atoms with Crippen molar-refractivity contribution in [1.82, 2.24) is 0 Å². The predicted octanol–water partition coefficient (Wildman–Crippen LogP) is 3.86. The van der Waals surface area contributed by atoms with Crippen molar-refractivity contribution in [3.8, 4) is 0 Å². The molecule has 0 aliphatic carbocycles. The number of hydrogen-bond acceptors (Lipinski definition) is 5. The number of rotatable bonds is 10. The third kappa shape index (κ3) is 4.88. The van der Waals surface area contributed by atoms with Gasteiger partial charge in [0, 0.05) is 12.1 Å². The van der Waals surface area contributed by atoms with E-state index in [2.05, 4.69) is 0 Å². The molecule has 0 radical (unpaired) electrons. The van der Waals surface area contributed by atoms with Gasteiger partial charge in [-0.1, -0.05) is 31.9 Å². The van der Waals surface area contributed by atoms with Crippen molar-refractivity contribution in [3.05, 3.63) is 39.9 Å². The van der Waals surface area contributed by atoms with Gasteiger partial charge in [-0.05, 0) is 38.7 Å². The third-order valence-electron chi connectivity index (χ3n) is 4.28. The summed E-state index contributed by atoms with van der Waals surface area (Å²) in [6.45, 7) is 5.39. The van der Waals surface area contributed by atoms with Crippen molar-refractivity contribution in [2.45, 2.75) is 52.9 Å². The molecule has 1 aromatic carbocycles. The molecule has 0 aliphatic rings. The molecule has 132 valence electrons. The second kappa shape index (κ2) is 9.15. The van der Waals surface area contributed by atoms with Crippen LogP contribution in [-0.2, 0) is 20.7 Å². The molecule has 6 nitrogen and oxygen atoms in total. The van der Waals surface area contributed by atoms with E-state index in [0.717, 1.165) is 18.4 Å². The molecule has 0 N–H and O–H groups in total. The number of ketones is 1. The molecule has 1 aromatic rings. The van der Waals surface area contributed by atoms with Crippen molar-refractivity contribution in [2.75, 3.05) is 6.61 Å². The summed E-state index contributed by atoms with van der Waals surface area (Å²) < 4.78 is 5.16. The van der Waals surface area contributed by atoms with E-state index in [1.165, 1.54) is 19.1 Å². The highest BCUT2D eigenvalue weighted by Gasteiger charge is 2.43. The van der Waals surface area contributed by atoms with Crippen molar-refractivity contribution in [1.29, 1.82) is 0 Å². The van der Waals surface area contributed by atoms with E-state index in [4.69, 9.17) is 4.74 Å². The second-order valence-electron chi connectivity index (χ2n) is 5.89. The van der Waals surface area contributed by atoms with Crippen LogP contribution in [0, 0.1) is 15.5 Å². The SMILES string of the molecule is CCCCC(CCc1ccc([N+](=O)[O-])cc1)(C(C)=O)C(=O)OCC. The Morgan fingerprint density at radius 3 is 2.25 bits per heavy atom. The maximum Gasteiger partial charge on any atom is 0.319 e. The number of unbranched alkanes of at least 4 members (excludes halogenated alkanes) is 1. The van der Waals surface area contributed by atoms with Crippen LogP contribution in [-0.4, -0.2) is 23.3 Å². The average molecular weight is 335 g/mol. The van der Waals surface area contributed by atoms with Gasteiger partial charge >= 0.3 is 5.97 Å². The minimum absolute atomic E-state index is 0.0213. The van der Waals surface area contributed by atoms with E-state index in [-0.39, 0.29) is 18.1 Å². The largest absolute Gasteiger partial charge is 0.465 e. The molecule has 1 atom stereocenters. The summed E-state index contributed by atoms with van der Waals surface area (Å²) in [5.41, 5.74) is -0.256. The van der Waals surface area contributed by atoms with Gasteiger partial charge in [-0.2, -0.15) is 0 Å². The van der Waals surface area contributed by atoms with Crippen LogP contribution in [0.25, 0.3) is 0 Å². The van der Waals surface area contributed by atoms with Gasteiger partial charge in [0.1, 0.15) is 11.2 Å². The number of non-ortho nitro benzene ring substituents is 1. The van der Waals surface area contributed by atoms with E-state index in [0.29, 0.717) is 19.3 Å². The summed E-state index contributed by atoms with van der Waals surface area (Å²) >= 11 is 0. The van der Waals surface area contributed by atoms with E-state index in [1.807, 2.05) is 6.92 Å². The van der Waals surface area contributed by atoms with Gasteiger partial charge in [-0.3, -0.25) is 19.7 Å². The molecule has 0 saturated carbocycles. The van der Waals surface area contributed by atoms with Crippen LogP contribution in [0.15, 0.2) is 24.3 Å². The van der Waals surface area contributed by atoms with Crippen molar-refractivity contribution < 1.29 is 19.2 Å². The number of aryl methyl sites for hydroxylation is 1. The molecule has 1 rings (SSSR count). The lowest BCUT2D eigenvalue weighted by atomic mass is 9.74. The molecule has 0 heterocycles. The molecule has 1 unspecified atom stereocenters. The number of benzene rings is 1. The predicted molar refractivity (Wildman–Crippen MR) is 90.7 cm³/mol. The molecule has 0 aliphatic heterocycles. The van der Waals surface area contributed by atoms with E-state index in [9.17, 15) is 19.7 Å². The molecule has 0 spiro atoms. The number of carbonyl (C=O) groups excluding carboxylic acids is 2. The van der Waals surface area contributed by atoms with Gasteiger partial charge in [0.2, 0.25) is 0 Å². The number of esters is 1. The Hall–Kier alpha value is -2.24. The number of nitrogens with zero attached hydrogens (tertiary/aromatic N) is 1. The van der Waals surface area contributed by atoms with Gasteiger partial charge in [0.15, 0.2) is 0 Å². The lowest BCUT2D eigenvalue weighted by Crippen LogP contribution is -2.40. The van der Waals surface area contributed by atoms with Gasteiger partial charge in [-0.15, -0.1) is 0 Å². The van der Waals surface area contributed by atoms with E-state index >= 15 is 0 Å². The van der Waals surface area contributed by atoms with Crippen LogP contribution in [0.2, 0.25) is 0 Å². The molecule has 6 heteroatoms.